The second-order valence-electron chi connectivity index (χ2n) is 4.58. The number of rotatable bonds is 4. The number of ether oxygens (including phenoxy) is 1. The lowest BCUT2D eigenvalue weighted by molar-refractivity contribution is 0.303. The summed E-state index contributed by atoms with van der Waals surface area (Å²) < 4.78 is 11.5. The van der Waals surface area contributed by atoms with Crippen LogP contribution in [0.2, 0.25) is 0 Å². The molecule has 0 unspecified atom stereocenters. The summed E-state index contributed by atoms with van der Waals surface area (Å²) in [6, 6.07) is 14.4. The molecular formula is C16H13NO3S. The second kappa shape index (κ2) is 5.46. The molecule has 0 radical (unpaired) electrons. The van der Waals surface area contributed by atoms with Crippen molar-refractivity contribution in [1.82, 2.24) is 0 Å². The van der Waals surface area contributed by atoms with Crippen molar-refractivity contribution in [3.63, 3.8) is 0 Å². The summed E-state index contributed by atoms with van der Waals surface area (Å²) in [5, 5.41) is 10.3. The molecule has 4 nitrogen and oxygen atoms in total. The Kier molecular flexibility index (Phi) is 3.50. The second-order valence-corrected chi connectivity index (χ2v) is 5.02. The van der Waals surface area contributed by atoms with Gasteiger partial charge in [-0.15, -0.1) is 0 Å². The lowest BCUT2D eigenvalue weighted by Gasteiger charge is -2.06. The van der Waals surface area contributed by atoms with Gasteiger partial charge in [-0.2, -0.15) is 0 Å². The molecule has 3 aromatic rings. The lowest BCUT2D eigenvalue weighted by Crippen LogP contribution is -2.10. The molecular weight excluding hydrogens is 286 g/mol. The van der Waals surface area contributed by atoms with Crippen LogP contribution in [0.3, 0.4) is 0 Å². The lowest BCUT2D eigenvalue weighted by atomic mass is 10.2. The van der Waals surface area contributed by atoms with Gasteiger partial charge in [0.15, 0.2) is 5.75 Å². The first-order valence-electron chi connectivity index (χ1n) is 6.37. The van der Waals surface area contributed by atoms with E-state index in [0.717, 1.165) is 10.9 Å². The number of thiocarbonyl (C=S) groups is 1. The van der Waals surface area contributed by atoms with Gasteiger partial charge in [-0.3, -0.25) is 0 Å². The zero-order valence-corrected chi connectivity index (χ0v) is 11.9. The molecule has 0 saturated carbocycles. The Balaban J connectivity index is 1.95. The van der Waals surface area contributed by atoms with Crippen molar-refractivity contribution in [1.29, 1.82) is 0 Å². The molecule has 2 aromatic carbocycles. The largest absolute Gasteiger partial charge is 0.508 e. The number of benzene rings is 2. The minimum absolute atomic E-state index is 0.150. The molecule has 0 atom stereocenters. The number of hydrogen-bond acceptors (Lipinski definition) is 4. The van der Waals surface area contributed by atoms with E-state index in [1.165, 1.54) is 0 Å². The number of hydrogen-bond donors (Lipinski definition) is 2. The van der Waals surface area contributed by atoms with Crippen molar-refractivity contribution < 1.29 is 14.3 Å². The van der Waals surface area contributed by atoms with Crippen LogP contribution in [0.1, 0.15) is 11.3 Å². The maximum Gasteiger partial charge on any atom is 0.204 e. The highest BCUT2D eigenvalue weighted by Gasteiger charge is 2.17. The maximum absolute atomic E-state index is 9.47. The molecule has 106 valence electrons. The highest BCUT2D eigenvalue weighted by molar-refractivity contribution is 7.80. The minimum Gasteiger partial charge on any atom is -0.508 e. The number of phenols is 1. The predicted octanol–water partition coefficient (Wildman–Crippen LogP) is 3.35. The first kappa shape index (κ1) is 13.5. The van der Waals surface area contributed by atoms with E-state index in [9.17, 15) is 5.11 Å². The third kappa shape index (κ3) is 2.68. The van der Waals surface area contributed by atoms with Gasteiger partial charge in [0.2, 0.25) is 5.76 Å². The van der Waals surface area contributed by atoms with Crippen molar-refractivity contribution in [2.24, 2.45) is 5.73 Å². The van der Waals surface area contributed by atoms with E-state index < -0.39 is 0 Å². The Labute approximate surface area is 126 Å². The molecule has 5 heteroatoms. The van der Waals surface area contributed by atoms with Crippen molar-refractivity contribution in [3.05, 3.63) is 59.9 Å². The Bertz CT molecular complexity index is 810. The quantitative estimate of drug-likeness (QED) is 0.723. The monoisotopic (exact) mass is 299 g/mol. The third-order valence-corrected chi connectivity index (χ3v) is 3.25. The van der Waals surface area contributed by atoms with Gasteiger partial charge in [0.25, 0.3) is 0 Å². The summed E-state index contributed by atoms with van der Waals surface area (Å²) in [4.78, 5) is 0.150. The van der Waals surface area contributed by atoms with Crippen molar-refractivity contribution in [3.8, 4) is 11.5 Å². The number of phenolic OH excluding ortho intramolecular Hbond substituents is 1. The molecule has 21 heavy (non-hydrogen) atoms. The predicted molar refractivity (Wildman–Crippen MR) is 84.5 cm³/mol. The van der Waals surface area contributed by atoms with Gasteiger partial charge in [0.1, 0.15) is 22.9 Å². The molecule has 0 amide bonds. The first-order valence-corrected chi connectivity index (χ1v) is 6.78. The standard InChI is InChI=1S/C16H13NO3S/c17-16(21)15-14(12-6-1-2-7-13(12)20-15)19-9-10-4-3-5-11(18)8-10/h1-8,18H,9H2,(H2,17,21). The van der Waals surface area contributed by atoms with Crippen LogP contribution in [0.15, 0.2) is 52.9 Å². The van der Waals surface area contributed by atoms with E-state index in [1.54, 1.807) is 18.2 Å². The minimum atomic E-state index is 0.150. The molecule has 3 N–H and O–H groups in total. The van der Waals surface area contributed by atoms with Gasteiger partial charge in [0, 0.05) is 0 Å². The smallest absolute Gasteiger partial charge is 0.204 e. The summed E-state index contributed by atoms with van der Waals surface area (Å²) in [7, 11) is 0. The van der Waals surface area contributed by atoms with Gasteiger partial charge in [-0.25, -0.2) is 0 Å². The molecule has 0 spiro atoms. The van der Waals surface area contributed by atoms with Gasteiger partial charge >= 0.3 is 0 Å². The SMILES string of the molecule is NC(=S)c1oc2ccccc2c1OCc1cccc(O)c1. The van der Waals surface area contributed by atoms with Gasteiger partial charge < -0.3 is 20.0 Å². The van der Waals surface area contributed by atoms with E-state index in [2.05, 4.69) is 0 Å². The molecule has 0 saturated heterocycles. The van der Waals surface area contributed by atoms with Crippen molar-refractivity contribution >= 4 is 28.2 Å². The van der Waals surface area contributed by atoms with Gasteiger partial charge in [-0.05, 0) is 29.8 Å². The Morgan fingerprint density at radius 3 is 2.76 bits per heavy atom. The van der Waals surface area contributed by atoms with Crippen LogP contribution in [-0.2, 0) is 6.61 Å². The van der Waals surface area contributed by atoms with E-state index in [-0.39, 0.29) is 17.3 Å². The number of para-hydroxylation sites is 1. The van der Waals surface area contributed by atoms with Gasteiger partial charge in [-0.1, -0.05) is 36.5 Å². The normalized spacial score (nSPS) is 10.7. The van der Waals surface area contributed by atoms with Crippen molar-refractivity contribution in [2.45, 2.75) is 6.61 Å². The molecule has 0 aliphatic rings. The van der Waals surface area contributed by atoms with Crippen LogP contribution in [0.25, 0.3) is 11.0 Å². The first-order chi connectivity index (χ1) is 10.1. The van der Waals surface area contributed by atoms with E-state index in [4.69, 9.17) is 27.1 Å². The van der Waals surface area contributed by atoms with Crippen LogP contribution in [0, 0.1) is 0 Å². The number of nitrogens with two attached hydrogens (primary N) is 1. The Hall–Kier alpha value is -2.53. The van der Waals surface area contributed by atoms with Gasteiger partial charge in [0.05, 0.1) is 5.39 Å². The average Bonchev–Trinajstić information content (AvgIpc) is 2.84. The average molecular weight is 299 g/mol. The molecule has 0 aliphatic carbocycles. The van der Waals surface area contributed by atoms with Crippen LogP contribution in [0.4, 0.5) is 0 Å². The van der Waals surface area contributed by atoms with Crippen LogP contribution < -0.4 is 10.5 Å². The third-order valence-electron chi connectivity index (χ3n) is 3.07. The van der Waals surface area contributed by atoms with E-state index in [0.29, 0.717) is 17.1 Å². The fourth-order valence-corrected chi connectivity index (χ4v) is 2.26. The van der Waals surface area contributed by atoms with Crippen molar-refractivity contribution in [2.75, 3.05) is 0 Å². The summed E-state index contributed by atoms with van der Waals surface area (Å²) in [6.45, 7) is 0.285. The molecule has 1 aromatic heterocycles. The zero-order chi connectivity index (χ0) is 14.8. The van der Waals surface area contributed by atoms with Crippen LogP contribution >= 0.6 is 12.2 Å². The Morgan fingerprint density at radius 1 is 1.19 bits per heavy atom. The highest BCUT2D eigenvalue weighted by Crippen LogP contribution is 2.33. The summed E-state index contributed by atoms with van der Waals surface area (Å²) in [5.74, 6) is 1.09. The van der Waals surface area contributed by atoms with Crippen LogP contribution in [0.5, 0.6) is 11.5 Å². The summed E-state index contributed by atoms with van der Waals surface area (Å²) in [6.07, 6.45) is 0. The fraction of sp³-hybridized carbons (Fsp3) is 0.0625. The fourth-order valence-electron chi connectivity index (χ4n) is 2.13. The molecule has 0 fully saturated rings. The molecule has 1 heterocycles. The number of aromatic hydroxyl groups is 1. The topological polar surface area (TPSA) is 68.6 Å². The van der Waals surface area contributed by atoms with E-state index in [1.807, 2.05) is 30.3 Å². The van der Waals surface area contributed by atoms with Crippen LogP contribution in [-0.4, -0.2) is 10.1 Å². The number of fused-ring (bicyclic) bond motifs is 1. The Morgan fingerprint density at radius 2 is 2.00 bits per heavy atom. The van der Waals surface area contributed by atoms with E-state index >= 15 is 0 Å². The molecule has 3 rings (SSSR count). The molecule has 0 bridgehead atoms. The summed E-state index contributed by atoms with van der Waals surface area (Å²) in [5.41, 5.74) is 7.20. The summed E-state index contributed by atoms with van der Waals surface area (Å²) >= 11 is 5.01. The zero-order valence-electron chi connectivity index (χ0n) is 11.1. The highest BCUT2D eigenvalue weighted by atomic mass is 32.1. The molecule has 0 aliphatic heterocycles. The maximum atomic E-state index is 9.47. The number of furan rings is 1.